The smallest absolute Gasteiger partial charge is 0.303 e. The number of aliphatic carboxylic acids is 1. The molecule has 2 aliphatic rings. The highest BCUT2D eigenvalue weighted by Gasteiger charge is 2.69. The number of carbonyl (C=O) groups excluding carboxylic acids is 2. The van der Waals surface area contributed by atoms with Crippen molar-refractivity contribution in [3.05, 3.63) is 58.7 Å². The third kappa shape index (κ3) is 4.77. The van der Waals surface area contributed by atoms with Gasteiger partial charge in [-0.15, -0.1) is 0 Å². The summed E-state index contributed by atoms with van der Waals surface area (Å²) in [5.41, 5.74) is 2.52. The third-order valence-electron chi connectivity index (χ3n) is 7.18. The number of benzene rings is 2. The van der Waals surface area contributed by atoms with E-state index in [0.717, 1.165) is 11.1 Å². The molecule has 2 amide bonds. The van der Waals surface area contributed by atoms with Crippen molar-refractivity contribution in [2.24, 2.45) is 11.8 Å². The minimum atomic E-state index is -0.880. The topological polar surface area (TPSA) is 138 Å². The van der Waals surface area contributed by atoms with Crippen LogP contribution >= 0.6 is 0 Å². The third-order valence-corrected chi connectivity index (χ3v) is 7.18. The van der Waals surface area contributed by atoms with Crippen molar-refractivity contribution < 1.29 is 29.0 Å². The maximum absolute atomic E-state index is 13.4. The van der Waals surface area contributed by atoms with Crippen LogP contribution in [0.4, 0.5) is 5.69 Å². The van der Waals surface area contributed by atoms with Gasteiger partial charge in [-0.2, -0.15) is 5.26 Å². The van der Waals surface area contributed by atoms with E-state index in [4.69, 9.17) is 14.6 Å². The number of nitrogens with zero attached hydrogens (tertiary/aromatic N) is 1. The lowest BCUT2D eigenvalue weighted by molar-refractivity contribution is -0.137. The number of anilines is 1. The molecule has 3 unspecified atom stereocenters. The minimum absolute atomic E-state index is 0.0137. The van der Waals surface area contributed by atoms with Crippen LogP contribution in [0.3, 0.4) is 0 Å². The molecule has 188 valence electrons. The first-order valence-electron chi connectivity index (χ1n) is 11.9. The summed E-state index contributed by atoms with van der Waals surface area (Å²) in [6, 6.07) is 12.4. The highest BCUT2D eigenvalue weighted by atomic mass is 16.5. The fourth-order valence-corrected chi connectivity index (χ4v) is 5.15. The summed E-state index contributed by atoms with van der Waals surface area (Å²) in [6.45, 7) is 3.15. The average Bonchev–Trinajstić information content (AvgIpc) is 3.28. The molecular formula is C27H29N3O6. The maximum Gasteiger partial charge on any atom is 0.303 e. The van der Waals surface area contributed by atoms with Crippen LogP contribution in [-0.2, 0) is 26.2 Å². The van der Waals surface area contributed by atoms with Crippen LogP contribution in [-0.4, -0.2) is 49.8 Å². The molecule has 1 spiro atoms. The highest BCUT2D eigenvalue weighted by Crippen LogP contribution is 2.64. The van der Waals surface area contributed by atoms with E-state index in [0.29, 0.717) is 55.2 Å². The number of carboxylic acids is 1. The van der Waals surface area contributed by atoms with Crippen LogP contribution in [0.15, 0.2) is 36.4 Å². The second kappa shape index (κ2) is 10.4. The number of hydrogen-bond acceptors (Lipinski definition) is 6. The summed E-state index contributed by atoms with van der Waals surface area (Å²) in [5, 5.41) is 24.1. The summed E-state index contributed by atoms with van der Waals surface area (Å²) >= 11 is 0. The standard InChI is InChI=1S/C27H29N3O6/c1-16-24(26(34)30-21-12-17(14-28)6-7-18(21)4-3-5-23(31)32)27(16)15-36-22-9-8-19(13-20(22)27)25(33)29-10-11-35-2/h6-9,12-13,16,24H,3-5,10-11,15H2,1-2H3,(H,29,33)(H,30,34)(H,31,32). The second-order valence-electron chi connectivity index (χ2n) is 9.28. The predicted molar refractivity (Wildman–Crippen MR) is 131 cm³/mol. The number of fused-ring (bicyclic) bond motifs is 2. The molecule has 9 heteroatoms. The number of carboxylic acid groups (broad SMARTS) is 1. The van der Waals surface area contributed by atoms with Gasteiger partial charge < -0.3 is 25.2 Å². The Labute approximate surface area is 209 Å². The lowest BCUT2D eigenvalue weighted by Gasteiger charge is -2.14. The van der Waals surface area contributed by atoms with Crippen molar-refractivity contribution in [1.82, 2.24) is 5.32 Å². The molecule has 1 saturated carbocycles. The van der Waals surface area contributed by atoms with Gasteiger partial charge in [-0.3, -0.25) is 14.4 Å². The molecule has 0 radical (unpaired) electrons. The van der Waals surface area contributed by atoms with E-state index >= 15 is 0 Å². The van der Waals surface area contributed by atoms with E-state index < -0.39 is 11.4 Å². The summed E-state index contributed by atoms with van der Waals surface area (Å²) in [4.78, 5) is 36.9. The molecule has 3 atom stereocenters. The molecule has 1 fully saturated rings. The first-order valence-corrected chi connectivity index (χ1v) is 11.9. The van der Waals surface area contributed by atoms with Crippen LogP contribution in [0.1, 0.15) is 46.8 Å². The lowest BCUT2D eigenvalue weighted by atomic mass is 9.92. The van der Waals surface area contributed by atoms with Gasteiger partial charge in [-0.05, 0) is 54.7 Å². The number of nitrogens with one attached hydrogen (secondary N) is 2. The molecule has 2 aromatic rings. The van der Waals surface area contributed by atoms with Gasteiger partial charge in [0.05, 0.1) is 30.8 Å². The summed E-state index contributed by atoms with van der Waals surface area (Å²) in [5.74, 6) is -1.00. The minimum Gasteiger partial charge on any atom is -0.492 e. The molecule has 0 saturated heterocycles. The van der Waals surface area contributed by atoms with Crippen molar-refractivity contribution in [3.63, 3.8) is 0 Å². The van der Waals surface area contributed by atoms with Crippen molar-refractivity contribution in [2.75, 3.05) is 32.2 Å². The monoisotopic (exact) mass is 491 g/mol. The fourth-order valence-electron chi connectivity index (χ4n) is 5.15. The van der Waals surface area contributed by atoms with E-state index in [1.54, 1.807) is 37.4 Å². The number of amides is 2. The van der Waals surface area contributed by atoms with Gasteiger partial charge in [-0.25, -0.2) is 0 Å². The van der Waals surface area contributed by atoms with Gasteiger partial charge in [-0.1, -0.05) is 13.0 Å². The van der Waals surface area contributed by atoms with Crippen molar-refractivity contribution in [3.8, 4) is 11.8 Å². The van der Waals surface area contributed by atoms with E-state index in [9.17, 15) is 19.6 Å². The first-order chi connectivity index (χ1) is 17.3. The van der Waals surface area contributed by atoms with E-state index in [-0.39, 0.29) is 30.1 Å². The highest BCUT2D eigenvalue weighted by molar-refractivity contribution is 5.98. The largest absolute Gasteiger partial charge is 0.492 e. The van der Waals surface area contributed by atoms with E-state index in [1.165, 1.54) is 0 Å². The zero-order chi connectivity index (χ0) is 25.9. The molecule has 36 heavy (non-hydrogen) atoms. The van der Waals surface area contributed by atoms with Crippen LogP contribution in [0, 0.1) is 23.2 Å². The zero-order valence-corrected chi connectivity index (χ0v) is 20.3. The Balaban J connectivity index is 1.53. The molecule has 0 aromatic heterocycles. The Morgan fingerprint density at radius 2 is 2.06 bits per heavy atom. The second-order valence-corrected chi connectivity index (χ2v) is 9.28. The maximum atomic E-state index is 13.4. The lowest BCUT2D eigenvalue weighted by Crippen LogP contribution is -2.27. The van der Waals surface area contributed by atoms with Crippen molar-refractivity contribution >= 4 is 23.5 Å². The molecule has 1 aliphatic heterocycles. The van der Waals surface area contributed by atoms with Gasteiger partial charge in [0.1, 0.15) is 5.75 Å². The number of carbonyl (C=O) groups is 3. The molecular weight excluding hydrogens is 462 g/mol. The summed E-state index contributed by atoms with van der Waals surface area (Å²) in [7, 11) is 1.57. The van der Waals surface area contributed by atoms with Gasteiger partial charge >= 0.3 is 5.97 Å². The fraction of sp³-hybridized carbons (Fsp3) is 0.407. The Bertz CT molecular complexity index is 1240. The van der Waals surface area contributed by atoms with Gasteiger partial charge in [0, 0.05) is 42.3 Å². The Morgan fingerprint density at radius 1 is 1.25 bits per heavy atom. The normalized spacial score (nSPS) is 21.2. The number of rotatable bonds is 10. The molecule has 0 bridgehead atoms. The van der Waals surface area contributed by atoms with Gasteiger partial charge in [0.15, 0.2) is 0 Å². The average molecular weight is 492 g/mol. The van der Waals surface area contributed by atoms with Crippen molar-refractivity contribution in [2.45, 2.75) is 31.6 Å². The van der Waals surface area contributed by atoms with Crippen LogP contribution in [0.2, 0.25) is 0 Å². The summed E-state index contributed by atoms with van der Waals surface area (Å²) < 4.78 is 10.9. The van der Waals surface area contributed by atoms with Gasteiger partial charge in [0.2, 0.25) is 5.91 Å². The molecule has 9 nitrogen and oxygen atoms in total. The number of hydrogen-bond donors (Lipinski definition) is 3. The Morgan fingerprint density at radius 3 is 2.78 bits per heavy atom. The van der Waals surface area contributed by atoms with Crippen molar-refractivity contribution in [1.29, 1.82) is 5.26 Å². The summed E-state index contributed by atoms with van der Waals surface area (Å²) in [6.07, 6.45) is 0.905. The quantitative estimate of drug-likeness (QED) is 0.435. The molecule has 4 rings (SSSR count). The van der Waals surface area contributed by atoms with Crippen LogP contribution < -0.4 is 15.4 Å². The number of nitriles is 1. The van der Waals surface area contributed by atoms with Gasteiger partial charge in [0.25, 0.3) is 5.91 Å². The Kier molecular flexibility index (Phi) is 7.27. The first kappa shape index (κ1) is 25.2. The van der Waals surface area contributed by atoms with Crippen LogP contribution in [0.5, 0.6) is 5.75 Å². The number of aryl methyl sites for hydroxylation is 1. The molecule has 3 N–H and O–H groups in total. The Hall–Kier alpha value is -3.90. The SMILES string of the molecule is COCCNC(=O)c1ccc2c(c1)C1(CO2)C(C)C1C(=O)Nc1cc(C#N)ccc1CCCC(=O)O. The molecule has 1 heterocycles. The van der Waals surface area contributed by atoms with E-state index in [2.05, 4.69) is 16.7 Å². The molecule has 2 aromatic carbocycles. The van der Waals surface area contributed by atoms with Crippen LogP contribution in [0.25, 0.3) is 0 Å². The van der Waals surface area contributed by atoms with E-state index in [1.807, 2.05) is 13.0 Å². The number of ether oxygens (including phenoxy) is 2. The number of methoxy groups -OCH3 is 1. The zero-order valence-electron chi connectivity index (χ0n) is 20.3. The molecule has 1 aliphatic carbocycles. The predicted octanol–water partition coefficient (Wildman–Crippen LogP) is 2.88.